The average molecular weight is 248 g/mol. The SMILES string of the molecule is C=C[C@@H](c1ccc(O)c(OC)c1)N1CCNCC1. The van der Waals surface area contributed by atoms with Crippen LogP contribution in [-0.4, -0.2) is 43.3 Å². The summed E-state index contributed by atoms with van der Waals surface area (Å²) in [7, 11) is 1.56. The van der Waals surface area contributed by atoms with Crippen molar-refractivity contribution in [1.82, 2.24) is 10.2 Å². The lowest BCUT2D eigenvalue weighted by atomic mass is 10.0. The molecule has 4 nitrogen and oxygen atoms in total. The average Bonchev–Trinajstić information content (AvgIpc) is 2.42. The predicted octanol–water partition coefficient (Wildman–Crippen LogP) is 1.53. The van der Waals surface area contributed by atoms with Gasteiger partial charge in [0, 0.05) is 26.2 Å². The fourth-order valence-electron chi connectivity index (χ4n) is 2.33. The molecule has 2 rings (SSSR count). The monoisotopic (exact) mass is 248 g/mol. The summed E-state index contributed by atoms with van der Waals surface area (Å²) in [6.45, 7) is 7.92. The van der Waals surface area contributed by atoms with Crippen LogP contribution in [0.25, 0.3) is 0 Å². The number of methoxy groups -OCH3 is 1. The van der Waals surface area contributed by atoms with Crippen molar-refractivity contribution in [1.29, 1.82) is 0 Å². The van der Waals surface area contributed by atoms with Crippen molar-refractivity contribution in [3.8, 4) is 11.5 Å². The van der Waals surface area contributed by atoms with Crippen LogP contribution in [-0.2, 0) is 0 Å². The van der Waals surface area contributed by atoms with E-state index in [0.717, 1.165) is 31.7 Å². The van der Waals surface area contributed by atoms with E-state index in [1.807, 2.05) is 18.2 Å². The van der Waals surface area contributed by atoms with Crippen LogP contribution in [0.4, 0.5) is 0 Å². The first-order chi connectivity index (χ1) is 8.76. The molecule has 2 N–H and O–H groups in total. The number of nitrogens with one attached hydrogen (secondary N) is 1. The van der Waals surface area contributed by atoms with E-state index < -0.39 is 0 Å². The third-order valence-corrected chi connectivity index (χ3v) is 3.31. The molecule has 1 aliphatic heterocycles. The highest BCUT2D eigenvalue weighted by Crippen LogP contribution is 2.31. The third kappa shape index (κ3) is 2.66. The van der Waals surface area contributed by atoms with E-state index in [-0.39, 0.29) is 11.8 Å². The highest BCUT2D eigenvalue weighted by Gasteiger charge is 2.20. The van der Waals surface area contributed by atoms with E-state index in [1.54, 1.807) is 13.2 Å². The van der Waals surface area contributed by atoms with Crippen molar-refractivity contribution in [3.63, 3.8) is 0 Å². The normalized spacial score (nSPS) is 18.3. The molecule has 0 unspecified atom stereocenters. The van der Waals surface area contributed by atoms with Gasteiger partial charge < -0.3 is 15.2 Å². The summed E-state index contributed by atoms with van der Waals surface area (Å²) in [5.74, 6) is 0.679. The van der Waals surface area contributed by atoms with Crippen molar-refractivity contribution in [2.24, 2.45) is 0 Å². The Morgan fingerprint density at radius 2 is 2.17 bits per heavy atom. The molecule has 1 heterocycles. The topological polar surface area (TPSA) is 44.7 Å². The Bertz CT molecular complexity index is 414. The number of aromatic hydroxyl groups is 1. The lowest BCUT2D eigenvalue weighted by Crippen LogP contribution is -2.44. The molecule has 1 aromatic carbocycles. The molecule has 1 fully saturated rings. The van der Waals surface area contributed by atoms with Crippen molar-refractivity contribution in [2.75, 3.05) is 33.3 Å². The Hall–Kier alpha value is -1.52. The van der Waals surface area contributed by atoms with E-state index in [0.29, 0.717) is 5.75 Å². The number of rotatable bonds is 4. The van der Waals surface area contributed by atoms with E-state index in [4.69, 9.17) is 4.74 Å². The van der Waals surface area contributed by atoms with Gasteiger partial charge in [0.1, 0.15) is 0 Å². The minimum absolute atomic E-state index is 0.168. The summed E-state index contributed by atoms with van der Waals surface area (Å²) in [4.78, 5) is 2.37. The van der Waals surface area contributed by atoms with E-state index >= 15 is 0 Å². The minimum atomic E-state index is 0.168. The van der Waals surface area contributed by atoms with E-state index in [2.05, 4.69) is 16.8 Å². The molecule has 0 aliphatic carbocycles. The molecule has 1 atom stereocenters. The second-order valence-electron chi connectivity index (χ2n) is 4.40. The minimum Gasteiger partial charge on any atom is -0.504 e. The van der Waals surface area contributed by atoms with Gasteiger partial charge in [0.25, 0.3) is 0 Å². The van der Waals surface area contributed by atoms with Crippen LogP contribution in [0, 0.1) is 0 Å². The van der Waals surface area contributed by atoms with Crippen molar-refractivity contribution >= 4 is 0 Å². The zero-order valence-corrected chi connectivity index (χ0v) is 10.7. The quantitative estimate of drug-likeness (QED) is 0.793. The van der Waals surface area contributed by atoms with E-state index in [1.165, 1.54) is 0 Å². The molecule has 0 amide bonds. The lowest BCUT2D eigenvalue weighted by Gasteiger charge is -2.33. The number of hydrogen-bond donors (Lipinski definition) is 2. The first-order valence-electron chi connectivity index (χ1n) is 6.20. The van der Waals surface area contributed by atoms with Gasteiger partial charge in [-0.3, -0.25) is 4.90 Å². The van der Waals surface area contributed by atoms with Gasteiger partial charge in [-0.05, 0) is 17.7 Å². The second kappa shape index (κ2) is 5.89. The first kappa shape index (κ1) is 12.9. The molecule has 1 saturated heterocycles. The summed E-state index contributed by atoms with van der Waals surface area (Å²) >= 11 is 0. The highest BCUT2D eigenvalue weighted by molar-refractivity contribution is 5.43. The Kier molecular flexibility index (Phi) is 4.23. The maximum atomic E-state index is 9.63. The molecule has 4 heteroatoms. The maximum Gasteiger partial charge on any atom is 0.160 e. The molecule has 98 valence electrons. The van der Waals surface area contributed by atoms with Crippen LogP contribution in [0.5, 0.6) is 11.5 Å². The Morgan fingerprint density at radius 1 is 1.44 bits per heavy atom. The number of nitrogens with zero attached hydrogens (tertiary/aromatic N) is 1. The third-order valence-electron chi connectivity index (χ3n) is 3.31. The number of ether oxygens (including phenoxy) is 1. The zero-order chi connectivity index (χ0) is 13.0. The molecule has 0 saturated carbocycles. The van der Waals surface area contributed by atoms with Crippen molar-refractivity contribution < 1.29 is 9.84 Å². The maximum absolute atomic E-state index is 9.63. The molecular weight excluding hydrogens is 228 g/mol. The van der Waals surface area contributed by atoms with Gasteiger partial charge in [0.2, 0.25) is 0 Å². The van der Waals surface area contributed by atoms with E-state index in [9.17, 15) is 5.11 Å². The van der Waals surface area contributed by atoms with Crippen LogP contribution in [0.1, 0.15) is 11.6 Å². The molecule has 1 aromatic rings. The summed E-state index contributed by atoms with van der Waals surface area (Å²) in [6, 6.07) is 5.64. The fraction of sp³-hybridized carbons (Fsp3) is 0.429. The van der Waals surface area contributed by atoms with Crippen LogP contribution in [0.3, 0.4) is 0 Å². The van der Waals surface area contributed by atoms with Gasteiger partial charge in [0.15, 0.2) is 11.5 Å². The molecule has 1 aliphatic rings. The summed E-state index contributed by atoms with van der Waals surface area (Å²) in [5, 5.41) is 13.0. The Morgan fingerprint density at radius 3 is 2.78 bits per heavy atom. The van der Waals surface area contributed by atoms with Gasteiger partial charge >= 0.3 is 0 Å². The molecule has 0 radical (unpaired) electrons. The molecular formula is C14H20N2O2. The van der Waals surface area contributed by atoms with Crippen LogP contribution >= 0.6 is 0 Å². The first-order valence-corrected chi connectivity index (χ1v) is 6.20. The Balaban J connectivity index is 2.23. The van der Waals surface area contributed by atoms with Crippen molar-refractivity contribution in [2.45, 2.75) is 6.04 Å². The lowest BCUT2D eigenvalue weighted by molar-refractivity contribution is 0.203. The summed E-state index contributed by atoms with van der Waals surface area (Å²) in [5.41, 5.74) is 1.10. The van der Waals surface area contributed by atoms with Gasteiger partial charge in [-0.2, -0.15) is 0 Å². The number of phenolic OH excluding ortho intramolecular Hbond substituents is 1. The predicted molar refractivity (Wildman–Crippen MR) is 72.0 cm³/mol. The fourth-order valence-corrected chi connectivity index (χ4v) is 2.33. The van der Waals surface area contributed by atoms with Crippen LogP contribution < -0.4 is 10.1 Å². The van der Waals surface area contributed by atoms with Crippen LogP contribution in [0.2, 0.25) is 0 Å². The van der Waals surface area contributed by atoms with Gasteiger partial charge in [0.05, 0.1) is 13.2 Å². The van der Waals surface area contributed by atoms with Crippen LogP contribution in [0.15, 0.2) is 30.9 Å². The summed E-state index contributed by atoms with van der Waals surface area (Å²) in [6.07, 6.45) is 1.94. The highest BCUT2D eigenvalue weighted by atomic mass is 16.5. The molecule has 18 heavy (non-hydrogen) atoms. The largest absolute Gasteiger partial charge is 0.504 e. The Labute approximate surface area is 108 Å². The zero-order valence-electron chi connectivity index (χ0n) is 10.7. The standard InChI is InChI=1S/C14H20N2O2/c1-3-12(16-8-6-15-7-9-16)11-4-5-13(17)14(10-11)18-2/h3-5,10,12,15,17H,1,6-9H2,2H3/t12-/m0/s1. The number of hydrogen-bond acceptors (Lipinski definition) is 4. The van der Waals surface area contributed by atoms with Gasteiger partial charge in [-0.1, -0.05) is 12.1 Å². The molecule has 0 bridgehead atoms. The second-order valence-corrected chi connectivity index (χ2v) is 4.40. The summed E-state index contributed by atoms with van der Waals surface area (Å²) < 4.78 is 5.15. The number of phenols is 1. The molecule has 0 spiro atoms. The van der Waals surface area contributed by atoms with Gasteiger partial charge in [-0.25, -0.2) is 0 Å². The number of benzene rings is 1. The molecule has 0 aromatic heterocycles. The smallest absolute Gasteiger partial charge is 0.160 e. The van der Waals surface area contributed by atoms with Crippen molar-refractivity contribution in [3.05, 3.63) is 36.4 Å². The van der Waals surface area contributed by atoms with Gasteiger partial charge in [-0.15, -0.1) is 6.58 Å². The number of piperazine rings is 1.